The molecule has 42 heavy (non-hydrogen) atoms. The van der Waals surface area contributed by atoms with E-state index in [-0.39, 0.29) is 44.0 Å². The first-order valence-electron chi connectivity index (χ1n) is 12.5. The predicted octanol–water partition coefficient (Wildman–Crippen LogP) is 3.21. The lowest BCUT2D eigenvalue weighted by Gasteiger charge is -2.52. The second-order valence-electron chi connectivity index (χ2n) is 9.89. The normalized spacial score (nSPS) is 18.8. The van der Waals surface area contributed by atoms with Gasteiger partial charge in [-0.3, -0.25) is 14.9 Å². The zero-order valence-corrected chi connectivity index (χ0v) is 24.5. The van der Waals surface area contributed by atoms with Crippen LogP contribution in [-0.2, 0) is 10.0 Å². The molecule has 2 aliphatic heterocycles. The number of nitro groups is 1. The van der Waals surface area contributed by atoms with E-state index in [4.69, 9.17) is 0 Å². The van der Waals surface area contributed by atoms with Gasteiger partial charge in [0.2, 0.25) is 10.0 Å². The van der Waals surface area contributed by atoms with E-state index >= 15 is 0 Å². The average Bonchev–Trinajstić information content (AvgIpc) is 2.94. The van der Waals surface area contributed by atoms with Crippen molar-refractivity contribution in [3.63, 3.8) is 0 Å². The van der Waals surface area contributed by atoms with Crippen molar-refractivity contribution in [2.45, 2.75) is 16.5 Å². The summed E-state index contributed by atoms with van der Waals surface area (Å²) < 4.78 is 71.5. The fourth-order valence-electron chi connectivity index (χ4n) is 4.99. The fourth-order valence-corrected chi connectivity index (χ4v) is 7.06. The summed E-state index contributed by atoms with van der Waals surface area (Å²) in [4.78, 5) is 24.6. The van der Waals surface area contributed by atoms with Crippen molar-refractivity contribution in [1.82, 2.24) is 14.5 Å². The van der Waals surface area contributed by atoms with Crippen LogP contribution >= 0.6 is 22.6 Å². The number of nitro benzene ring substituents is 1. The number of hydrogen-bond acceptors (Lipinski definition) is 8. The molecule has 0 bridgehead atoms. The number of sulfonamides is 1. The maximum atomic E-state index is 14.8. The number of likely N-dealkylation sites (tertiary alicyclic amines) is 1. The first-order chi connectivity index (χ1) is 19.8. The van der Waals surface area contributed by atoms with E-state index in [1.807, 2.05) is 22.6 Å². The molecule has 11 nitrogen and oxygen atoms in total. The van der Waals surface area contributed by atoms with Crippen LogP contribution in [-0.4, -0.2) is 77.9 Å². The number of nitrogens with one attached hydrogen (secondary N) is 2. The van der Waals surface area contributed by atoms with Crippen molar-refractivity contribution >= 4 is 55.6 Å². The first-order valence-corrected chi connectivity index (χ1v) is 15.0. The highest BCUT2D eigenvalue weighted by atomic mass is 127. The van der Waals surface area contributed by atoms with Crippen LogP contribution in [0.5, 0.6) is 0 Å². The van der Waals surface area contributed by atoms with E-state index in [1.54, 1.807) is 0 Å². The van der Waals surface area contributed by atoms with Crippen molar-refractivity contribution in [2.75, 3.05) is 38.0 Å². The molecule has 3 aromatic carbocycles. The number of piperazine rings is 1. The Morgan fingerprint density at radius 1 is 1.12 bits per heavy atom. The minimum Gasteiger partial charge on any atom is -0.384 e. The Bertz CT molecular complexity index is 1690. The number of para-hydroxylation sites is 1. The van der Waals surface area contributed by atoms with Gasteiger partial charge < -0.3 is 20.6 Å². The van der Waals surface area contributed by atoms with Gasteiger partial charge in [0.25, 0.3) is 11.6 Å². The van der Waals surface area contributed by atoms with E-state index < -0.39 is 66.2 Å². The second-order valence-corrected chi connectivity index (χ2v) is 13.0. The van der Waals surface area contributed by atoms with Gasteiger partial charge in [0.1, 0.15) is 11.4 Å². The number of hydrogen-bond donors (Lipinski definition) is 3. The maximum Gasteiger partial charge on any atom is 0.289 e. The largest absolute Gasteiger partial charge is 0.384 e. The molecule has 0 aromatic heterocycles. The number of nitrogens with zero attached hydrogens (tertiary/aromatic N) is 3. The van der Waals surface area contributed by atoms with Crippen molar-refractivity contribution in [1.29, 1.82) is 0 Å². The van der Waals surface area contributed by atoms with Gasteiger partial charge in [-0.1, -0.05) is 12.1 Å². The quantitative estimate of drug-likeness (QED) is 0.192. The summed E-state index contributed by atoms with van der Waals surface area (Å²) in [6.45, 7) is -0.683. The number of anilines is 2. The molecule has 2 saturated heterocycles. The highest BCUT2D eigenvalue weighted by Gasteiger charge is 2.52. The molecule has 0 saturated carbocycles. The zero-order valence-electron chi connectivity index (χ0n) is 21.6. The van der Waals surface area contributed by atoms with Crippen LogP contribution in [0.4, 0.5) is 30.2 Å². The molecule has 0 aliphatic carbocycles. The number of carbonyl (C=O) groups is 1. The minimum absolute atomic E-state index is 0.0113. The summed E-state index contributed by atoms with van der Waals surface area (Å²) in [6, 6.07) is 9.94. The van der Waals surface area contributed by atoms with Crippen LogP contribution in [0.1, 0.15) is 10.4 Å². The molecule has 1 unspecified atom stereocenters. The monoisotopic (exact) mass is 717 g/mol. The van der Waals surface area contributed by atoms with Gasteiger partial charge in [0, 0.05) is 29.3 Å². The molecule has 2 fully saturated rings. The SMILES string of the molecule is O=C(c1ccc(F)c(F)c1Nc1ccc(I)cc1F)N1CC(O)(C2CN(S(=O)(=O)c3ccccc3[N+](=O)[O-])CCN2)C1. The van der Waals surface area contributed by atoms with E-state index in [2.05, 4.69) is 10.6 Å². The van der Waals surface area contributed by atoms with E-state index in [0.29, 0.717) is 3.57 Å². The molecule has 1 amide bonds. The van der Waals surface area contributed by atoms with Gasteiger partial charge in [-0.05, 0) is 59.0 Å². The first kappa shape index (κ1) is 30.1. The molecule has 222 valence electrons. The summed E-state index contributed by atoms with van der Waals surface area (Å²) in [5.41, 5.74) is -3.23. The number of β-amino-alcohol motifs (C(OH)–C–C–N with tert-alkyl or cyclic N) is 1. The average molecular weight is 717 g/mol. The Balaban J connectivity index is 1.33. The molecular formula is C26H23F3IN5O6S. The minimum atomic E-state index is -4.29. The summed E-state index contributed by atoms with van der Waals surface area (Å²) >= 11 is 1.88. The molecule has 3 N–H and O–H groups in total. The topological polar surface area (TPSA) is 145 Å². The second kappa shape index (κ2) is 11.4. The standard InChI is InChI=1S/C26H23F3IN5O6S/c27-17-7-6-16(24(23(17)29)32-19-8-5-15(30)11-18(19)28)25(36)33-13-26(37,14-33)22-12-34(10-9-31-22)42(40,41)21-4-2-1-3-20(21)35(38)39/h1-8,11,22,31-32,37H,9-10,12-14H2. The van der Waals surface area contributed by atoms with Crippen molar-refractivity contribution in [3.8, 4) is 0 Å². The number of amides is 1. The number of benzene rings is 3. The summed E-state index contributed by atoms with van der Waals surface area (Å²) in [5.74, 6) is -4.16. The van der Waals surface area contributed by atoms with E-state index in [1.165, 1.54) is 35.2 Å². The van der Waals surface area contributed by atoms with Gasteiger partial charge in [-0.25, -0.2) is 21.6 Å². The molecule has 2 heterocycles. The van der Waals surface area contributed by atoms with Crippen LogP contribution < -0.4 is 10.6 Å². The molecule has 1 atom stereocenters. The fraction of sp³-hybridized carbons (Fsp3) is 0.269. The summed E-state index contributed by atoms with van der Waals surface area (Å²) in [6.07, 6.45) is 0. The lowest BCUT2D eigenvalue weighted by Crippen LogP contribution is -2.75. The van der Waals surface area contributed by atoms with E-state index in [9.17, 15) is 41.6 Å². The maximum absolute atomic E-state index is 14.8. The number of halogens is 4. The zero-order chi connectivity index (χ0) is 30.4. The summed E-state index contributed by atoms with van der Waals surface area (Å²) in [5, 5.41) is 28.2. The van der Waals surface area contributed by atoms with E-state index in [0.717, 1.165) is 28.6 Å². The predicted molar refractivity (Wildman–Crippen MR) is 153 cm³/mol. The molecule has 5 rings (SSSR count). The molecule has 0 spiro atoms. The van der Waals surface area contributed by atoms with Crippen molar-refractivity contribution in [3.05, 3.63) is 91.3 Å². The van der Waals surface area contributed by atoms with Crippen LogP contribution in [0.3, 0.4) is 0 Å². The van der Waals surface area contributed by atoms with Crippen LogP contribution in [0.2, 0.25) is 0 Å². The van der Waals surface area contributed by atoms with Crippen LogP contribution in [0.15, 0.2) is 59.5 Å². The number of aliphatic hydroxyl groups is 1. The third-order valence-corrected chi connectivity index (χ3v) is 9.78. The molecule has 16 heteroatoms. The Morgan fingerprint density at radius 2 is 1.83 bits per heavy atom. The number of rotatable bonds is 7. The van der Waals surface area contributed by atoms with Gasteiger partial charge in [0.15, 0.2) is 16.5 Å². The highest BCUT2D eigenvalue weighted by molar-refractivity contribution is 14.1. The lowest BCUT2D eigenvalue weighted by atomic mass is 9.84. The lowest BCUT2D eigenvalue weighted by molar-refractivity contribution is -0.387. The Kier molecular flexibility index (Phi) is 8.18. The molecule has 2 aliphatic rings. The third-order valence-electron chi connectivity index (χ3n) is 7.20. The van der Waals surface area contributed by atoms with Crippen LogP contribution in [0, 0.1) is 31.1 Å². The smallest absolute Gasteiger partial charge is 0.289 e. The Hall–Kier alpha value is -3.32. The van der Waals surface area contributed by atoms with Gasteiger partial charge in [-0.15, -0.1) is 0 Å². The third kappa shape index (κ3) is 5.56. The van der Waals surface area contributed by atoms with Crippen molar-refractivity contribution in [2.24, 2.45) is 0 Å². The van der Waals surface area contributed by atoms with Crippen LogP contribution in [0.25, 0.3) is 0 Å². The number of carbonyl (C=O) groups excluding carboxylic acids is 1. The molecule has 0 radical (unpaired) electrons. The molecule has 3 aromatic rings. The molecular weight excluding hydrogens is 694 g/mol. The Labute approximate surface area is 251 Å². The van der Waals surface area contributed by atoms with Crippen molar-refractivity contribution < 1.29 is 36.4 Å². The van der Waals surface area contributed by atoms with Gasteiger partial charge in [0.05, 0.1) is 41.0 Å². The van der Waals surface area contributed by atoms with Gasteiger partial charge in [-0.2, -0.15) is 4.31 Å². The van der Waals surface area contributed by atoms with Gasteiger partial charge >= 0.3 is 0 Å². The summed E-state index contributed by atoms with van der Waals surface area (Å²) in [7, 11) is -4.29. The highest BCUT2D eigenvalue weighted by Crippen LogP contribution is 2.34. The Morgan fingerprint density at radius 3 is 2.52 bits per heavy atom.